The number of hydrogen-bond donors (Lipinski definition) is 0. The Morgan fingerprint density at radius 3 is 2.14 bits per heavy atom. The number of allylic oxidation sites excluding steroid dienone is 2. The number of benzene rings is 5. The van der Waals surface area contributed by atoms with E-state index in [9.17, 15) is 8.42 Å². The van der Waals surface area contributed by atoms with Gasteiger partial charge in [-0.2, -0.15) is 0 Å². The minimum absolute atomic E-state index is 0.115. The van der Waals surface area contributed by atoms with Gasteiger partial charge in [0.25, 0.3) is 0 Å². The topological polar surface area (TPSA) is 34.1 Å². The first kappa shape index (κ1) is 25.5. The van der Waals surface area contributed by atoms with Crippen molar-refractivity contribution in [3.8, 4) is 22.3 Å². The van der Waals surface area contributed by atoms with Crippen molar-refractivity contribution in [1.82, 2.24) is 0 Å². The van der Waals surface area contributed by atoms with E-state index in [2.05, 4.69) is 98.8 Å². The maximum absolute atomic E-state index is 14.0. The molecule has 2 unspecified atom stereocenters. The van der Waals surface area contributed by atoms with Crippen LogP contribution in [0.25, 0.3) is 27.8 Å². The van der Waals surface area contributed by atoms with Gasteiger partial charge in [-0.15, -0.1) is 0 Å². The molecule has 5 aromatic rings. The third-order valence-electron chi connectivity index (χ3n) is 9.88. The Hall–Kier alpha value is -4.21. The molecule has 0 aromatic heterocycles. The van der Waals surface area contributed by atoms with E-state index in [1.54, 1.807) is 6.07 Å². The van der Waals surface area contributed by atoms with Crippen LogP contribution in [-0.2, 0) is 22.7 Å². The highest BCUT2D eigenvalue weighted by atomic mass is 32.2. The molecule has 2 aliphatic carbocycles. The Labute approximate surface area is 248 Å². The van der Waals surface area contributed by atoms with Crippen LogP contribution < -0.4 is 0 Å². The third kappa shape index (κ3) is 3.66. The fraction of sp³-hybridized carbons (Fsp3) is 0.179. The summed E-state index contributed by atoms with van der Waals surface area (Å²) in [6, 6.07) is 38.2. The summed E-state index contributed by atoms with van der Waals surface area (Å²) in [6.45, 7) is 4.34. The summed E-state index contributed by atoms with van der Waals surface area (Å²) in [4.78, 5) is 0.939. The van der Waals surface area contributed by atoms with Crippen molar-refractivity contribution in [2.24, 2.45) is 0 Å². The molecule has 2 nitrogen and oxygen atoms in total. The van der Waals surface area contributed by atoms with E-state index in [1.807, 2.05) is 18.2 Å². The van der Waals surface area contributed by atoms with Crippen LogP contribution in [0, 0.1) is 0 Å². The fourth-order valence-electron chi connectivity index (χ4n) is 7.87. The van der Waals surface area contributed by atoms with Crippen molar-refractivity contribution >= 4 is 15.4 Å². The highest BCUT2D eigenvalue weighted by Gasteiger charge is 2.39. The average Bonchev–Trinajstić information content (AvgIpc) is 3.25. The van der Waals surface area contributed by atoms with Gasteiger partial charge in [0, 0.05) is 11.8 Å². The molecule has 0 amide bonds. The van der Waals surface area contributed by atoms with Crippen molar-refractivity contribution in [3.63, 3.8) is 0 Å². The minimum atomic E-state index is -3.61. The molecule has 0 radical (unpaired) electrons. The second kappa shape index (κ2) is 9.40. The van der Waals surface area contributed by atoms with Crippen molar-refractivity contribution < 1.29 is 8.42 Å². The molecule has 1 heterocycles. The van der Waals surface area contributed by atoms with Crippen LogP contribution in [0.4, 0.5) is 0 Å². The van der Waals surface area contributed by atoms with Crippen LogP contribution in [0.5, 0.6) is 0 Å². The number of hydrogen-bond acceptors (Lipinski definition) is 2. The molecule has 42 heavy (non-hydrogen) atoms. The molecule has 3 aliphatic rings. The molecular weight excluding hydrogens is 532 g/mol. The molecular formula is C39H32O2S. The zero-order chi connectivity index (χ0) is 28.6. The van der Waals surface area contributed by atoms with Crippen LogP contribution in [0.2, 0.25) is 0 Å². The van der Waals surface area contributed by atoms with E-state index < -0.39 is 9.84 Å². The molecule has 0 saturated carbocycles. The predicted octanol–water partition coefficient (Wildman–Crippen LogP) is 9.38. The van der Waals surface area contributed by atoms with Crippen LogP contribution in [0.3, 0.4) is 0 Å². The van der Waals surface area contributed by atoms with Crippen molar-refractivity contribution in [3.05, 3.63) is 148 Å². The Morgan fingerprint density at radius 2 is 1.33 bits per heavy atom. The Morgan fingerprint density at radius 1 is 0.643 bits per heavy atom. The van der Waals surface area contributed by atoms with Gasteiger partial charge in [0.2, 0.25) is 9.84 Å². The maximum Gasteiger partial charge on any atom is 0.207 e. The van der Waals surface area contributed by atoms with Gasteiger partial charge in [-0.1, -0.05) is 103 Å². The lowest BCUT2D eigenvalue weighted by molar-refractivity contribution is 0.595. The lowest BCUT2D eigenvalue weighted by atomic mass is 9.75. The Kier molecular flexibility index (Phi) is 5.71. The number of fused-ring (bicyclic) bond motifs is 4. The van der Waals surface area contributed by atoms with Crippen molar-refractivity contribution in [2.45, 2.75) is 54.7 Å². The third-order valence-corrected chi connectivity index (χ3v) is 11.8. The van der Waals surface area contributed by atoms with Gasteiger partial charge in [0.1, 0.15) is 0 Å². The summed E-state index contributed by atoms with van der Waals surface area (Å²) >= 11 is 0. The second-order valence-corrected chi connectivity index (χ2v) is 13.8. The first-order valence-electron chi connectivity index (χ1n) is 14.9. The van der Waals surface area contributed by atoms with Gasteiger partial charge >= 0.3 is 0 Å². The molecule has 0 bridgehead atoms. The van der Waals surface area contributed by atoms with Gasteiger partial charge in [-0.25, -0.2) is 8.42 Å². The summed E-state index contributed by atoms with van der Waals surface area (Å²) in [5.74, 6) is 0.420. The monoisotopic (exact) mass is 564 g/mol. The zero-order valence-corrected chi connectivity index (χ0v) is 24.7. The summed E-state index contributed by atoms with van der Waals surface area (Å²) < 4.78 is 28.0. The normalized spacial score (nSPS) is 19.4. The quantitative estimate of drug-likeness (QED) is 0.219. The fourth-order valence-corrected chi connectivity index (χ4v) is 9.64. The van der Waals surface area contributed by atoms with E-state index in [-0.39, 0.29) is 5.92 Å². The largest absolute Gasteiger partial charge is 0.218 e. The lowest BCUT2D eigenvalue weighted by Crippen LogP contribution is -2.12. The van der Waals surface area contributed by atoms with E-state index in [0.29, 0.717) is 22.1 Å². The van der Waals surface area contributed by atoms with Gasteiger partial charge in [-0.05, 0) is 106 Å². The summed E-state index contributed by atoms with van der Waals surface area (Å²) in [5, 5.41) is 0. The molecule has 206 valence electrons. The highest BCUT2D eigenvalue weighted by Crippen LogP contribution is 2.51. The first-order valence-corrected chi connectivity index (χ1v) is 16.4. The zero-order valence-electron chi connectivity index (χ0n) is 23.9. The molecule has 1 aliphatic heterocycles. The van der Waals surface area contributed by atoms with Crippen LogP contribution >= 0.6 is 0 Å². The molecule has 3 heteroatoms. The van der Waals surface area contributed by atoms with E-state index in [0.717, 1.165) is 40.7 Å². The summed E-state index contributed by atoms with van der Waals surface area (Å²) in [5.41, 5.74) is 14.6. The van der Waals surface area contributed by atoms with E-state index >= 15 is 0 Å². The van der Waals surface area contributed by atoms with Crippen molar-refractivity contribution in [1.29, 1.82) is 0 Å². The van der Waals surface area contributed by atoms with Gasteiger partial charge in [0.05, 0.1) is 9.79 Å². The molecule has 8 rings (SSSR count). The molecule has 0 N–H and O–H groups in total. The number of sulfone groups is 1. The van der Waals surface area contributed by atoms with E-state index in [1.165, 1.54) is 39.0 Å². The van der Waals surface area contributed by atoms with Gasteiger partial charge in [0.15, 0.2) is 0 Å². The van der Waals surface area contributed by atoms with Crippen molar-refractivity contribution in [2.75, 3.05) is 0 Å². The SMILES string of the molecule is CCC1=C(C)c2cccc3c2C1Cc1cc(-c2ccc(C4Cc5ccccc5-c5ccccc54)cc2)ccc1S3(=O)=O. The first-order chi connectivity index (χ1) is 20.5. The van der Waals surface area contributed by atoms with Gasteiger partial charge in [-0.3, -0.25) is 0 Å². The minimum Gasteiger partial charge on any atom is -0.218 e. The maximum atomic E-state index is 14.0. The summed E-state index contributed by atoms with van der Waals surface area (Å²) in [6.07, 6.45) is 2.62. The van der Waals surface area contributed by atoms with Crippen LogP contribution in [0.15, 0.2) is 125 Å². The smallest absolute Gasteiger partial charge is 0.207 e. The lowest BCUT2D eigenvalue weighted by Gasteiger charge is -2.28. The predicted molar refractivity (Wildman–Crippen MR) is 171 cm³/mol. The standard InChI is InChI=1S/C39H32O2S/c1-3-30-24(2)31-13-8-14-38-39(31)36(30)23-29-21-27(19-20-37(29)42(38,40)41)25-15-17-26(18-16-25)35-22-28-9-4-5-10-32(28)33-11-6-7-12-34(33)35/h4-21,35-36H,3,22-23H2,1-2H3. The highest BCUT2D eigenvalue weighted by molar-refractivity contribution is 7.91. The molecule has 0 spiro atoms. The Bertz CT molecular complexity index is 2050. The second-order valence-electron chi connectivity index (χ2n) is 11.9. The molecule has 0 saturated heterocycles. The Balaban J connectivity index is 1.18. The van der Waals surface area contributed by atoms with Crippen LogP contribution in [0.1, 0.15) is 65.5 Å². The number of rotatable bonds is 3. The van der Waals surface area contributed by atoms with Crippen LogP contribution in [-0.4, -0.2) is 8.42 Å². The van der Waals surface area contributed by atoms with Gasteiger partial charge < -0.3 is 0 Å². The summed E-state index contributed by atoms with van der Waals surface area (Å²) in [7, 11) is -3.61. The molecule has 2 atom stereocenters. The van der Waals surface area contributed by atoms with E-state index in [4.69, 9.17) is 0 Å². The average molecular weight is 565 g/mol. The molecule has 0 fully saturated rings. The molecule has 5 aromatic carbocycles.